The molecule has 1 amide bonds. The lowest BCUT2D eigenvalue weighted by molar-refractivity contribution is 0.0934. The van der Waals surface area contributed by atoms with Crippen molar-refractivity contribution in [2.45, 2.75) is 57.9 Å². The maximum Gasteiger partial charge on any atom is 0.252 e. The van der Waals surface area contributed by atoms with E-state index in [0.29, 0.717) is 0 Å². The lowest BCUT2D eigenvalue weighted by Gasteiger charge is -2.22. The Balaban J connectivity index is 1.48. The van der Waals surface area contributed by atoms with Crippen LogP contribution in [0, 0.1) is 0 Å². The van der Waals surface area contributed by atoms with Crippen molar-refractivity contribution < 1.29 is 4.79 Å². The van der Waals surface area contributed by atoms with Crippen LogP contribution in [0.1, 0.15) is 70.4 Å². The first kappa shape index (κ1) is 20.4. The van der Waals surface area contributed by atoms with Gasteiger partial charge in [-0.3, -0.25) is 4.79 Å². The lowest BCUT2D eigenvalue weighted by atomic mass is 9.88. The number of hydrogen-bond donors (Lipinski definition) is 1. The molecule has 3 aromatic rings. The van der Waals surface area contributed by atoms with Crippen LogP contribution < -0.4 is 5.32 Å². The molecule has 0 aromatic heterocycles. The average Bonchev–Trinajstić information content (AvgIpc) is 2.81. The number of carbonyl (C=O) groups excluding carboxylic acids is 1. The van der Waals surface area contributed by atoms with Crippen molar-refractivity contribution >= 4 is 5.91 Å². The number of aryl methyl sites for hydroxylation is 4. The topological polar surface area (TPSA) is 29.1 Å². The fourth-order valence-corrected chi connectivity index (χ4v) is 4.51. The van der Waals surface area contributed by atoms with E-state index < -0.39 is 0 Å². The molecule has 0 bridgehead atoms. The predicted octanol–water partition coefficient (Wildman–Crippen LogP) is 6.23. The van der Waals surface area contributed by atoms with Crippen LogP contribution in [-0.2, 0) is 25.7 Å². The van der Waals surface area contributed by atoms with Crippen LogP contribution in [-0.4, -0.2) is 5.91 Å². The summed E-state index contributed by atoms with van der Waals surface area (Å²) in [5, 5.41) is 3.31. The van der Waals surface area contributed by atoms with Gasteiger partial charge in [-0.2, -0.15) is 0 Å². The normalized spacial score (nSPS) is 14.0. The molecule has 3 aromatic carbocycles. The van der Waals surface area contributed by atoms with Crippen LogP contribution in [0.5, 0.6) is 0 Å². The van der Waals surface area contributed by atoms with E-state index in [0.717, 1.165) is 36.8 Å². The van der Waals surface area contributed by atoms with E-state index in [1.807, 2.05) is 24.3 Å². The van der Waals surface area contributed by atoms with Gasteiger partial charge < -0.3 is 5.32 Å². The van der Waals surface area contributed by atoms with E-state index in [1.165, 1.54) is 41.5 Å². The SMILES string of the molecule is CCC(NC(=O)c1ccccc1CCc1ccccc1)c1ccc2c(c1)CCCC2. The van der Waals surface area contributed by atoms with E-state index in [2.05, 4.69) is 60.8 Å². The van der Waals surface area contributed by atoms with Crippen LogP contribution in [0.25, 0.3) is 0 Å². The summed E-state index contributed by atoms with van der Waals surface area (Å²) < 4.78 is 0. The Morgan fingerprint density at radius 2 is 1.60 bits per heavy atom. The standard InChI is InChI=1S/C28H31NO/c1-2-27(25-19-18-22-12-6-7-14-24(22)20-25)29-28(30)26-15-9-8-13-23(26)17-16-21-10-4-3-5-11-21/h3-5,8-11,13,15,18-20,27H,2,6-7,12,14,16-17H2,1H3,(H,29,30). The van der Waals surface area contributed by atoms with Gasteiger partial charge in [0.05, 0.1) is 6.04 Å². The Bertz CT molecular complexity index is 993. The third-order valence-electron chi connectivity index (χ3n) is 6.28. The Labute approximate surface area is 180 Å². The zero-order valence-corrected chi connectivity index (χ0v) is 17.9. The highest BCUT2D eigenvalue weighted by atomic mass is 16.1. The fraction of sp³-hybridized carbons (Fsp3) is 0.321. The quantitative estimate of drug-likeness (QED) is 0.503. The number of fused-ring (bicyclic) bond motifs is 1. The summed E-state index contributed by atoms with van der Waals surface area (Å²) in [6, 6.07) is 25.3. The van der Waals surface area contributed by atoms with Crippen LogP contribution >= 0.6 is 0 Å². The van der Waals surface area contributed by atoms with E-state index in [9.17, 15) is 4.79 Å². The summed E-state index contributed by atoms with van der Waals surface area (Å²) in [4.78, 5) is 13.2. The van der Waals surface area contributed by atoms with Gasteiger partial charge in [0.25, 0.3) is 5.91 Å². The number of amides is 1. The van der Waals surface area contributed by atoms with Crippen molar-refractivity contribution in [3.05, 3.63) is 106 Å². The number of benzene rings is 3. The molecule has 0 fully saturated rings. The highest BCUT2D eigenvalue weighted by Crippen LogP contribution is 2.26. The van der Waals surface area contributed by atoms with Crippen molar-refractivity contribution in [2.24, 2.45) is 0 Å². The molecular weight excluding hydrogens is 366 g/mol. The van der Waals surface area contributed by atoms with Gasteiger partial charge in [0.1, 0.15) is 0 Å². The Morgan fingerprint density at radius 3 is 2.40 bits per heavy atom. The first-order valence-electron chi connectivity index (χ1n) is 11.3. The highest BCUT2D eigenvalue weighted by molar-refractivity contribution is 5.96. The molecule has 1 atom stereocenters. The van der Waals surface area contributed by atoms with Crippen LogP contribution in [0.3, 0.4) is 0 Å². The molecule has 0 saturated heterocycles. The molecule has 1 N–H and O–H groups in total. The second-order valence-electron chi connectivity index (χ2n) is 8.31. The molecule has 30 heavy (non-hydrogen) atoms. The summed E-state index contributed by atoms with van der Waals surface area (Å²) in [6.07, 6.45) is 7.60. The molecule has 1 aliphatic rings. The molecule has 0 aliphatic heterocycles. The maximum absolute atomic E-state index is 13.2. The minimum atomic E-state index is 0.0308. The first-order chi connectivity index (χ1) is 14.7. The number of rotatable bonds is 7. The third-order valence-corrected chi connectivity index (χ3v) is 6.28. The van der Waals surface area contributed by atoms with E-state index in [-0.39, 0.29) is 11.9 Å². The molecule has 0 radical (unpaired) electrons. The fourth-order valence-electron chi connectivity index (χ4n) is 4.51. The van der Waals surface area contributed by atoms with E-state index in [4.69, 9.17) is 0 Å². The second-order valence-corrected chi connectivity index (χ2v) is 8.31. The molecule has 2 nitrogen and oxygen atoms in total. The molecule has 0 spiro atoms. The van der Waals surface area contributed by atoms with Gasteiger partial charge in [-0.25, -0.2) is 0 Å². The molecule has 1 aliphatic carbocycles. The van der Waals surface area contributed by atoms with Gasteiger partial charge in [0.15, 0.2) is 0 Å². The predicted molar refractivity (Wildman–Crippen MR) is 124 cm³/mol. The Hall–Kier alpha value is -2.87. The minimum Gasteiger partial charge on any atom is -0.345 e. The summed E-state index contributed by atoms with van der Waals surface area (Å²) in [7, 11) is 0. The van der Waals surface area contributed by atoms with Crippen molar-refractivity contribution in [1.82, 2.24) is 5.32 Å². The molecular formula is C28H31NO. The average molecular weight is 398 g/mol. The largest absolute Gasteiger partial charge is 0.345 e. The highest BCUT2D eigenvalue weighted by Gasteiger charge is 2.18. The van der Waals surface area contributed by atoms with Gasteiger partial charge in [-0.15, -0.1) is 0 Å². The molecule has 0 saturated carbocycles. The third kappa shape index (κ3) is 4.81. The van der Waals surface area contributed by atoms with E-state index >= 15 is 0 Å². The summed E-state index contributed by atoms with van der Waals surface area (Å²) in [6.45, 7) is 2.14. The van der Waals surface area contributed by atoms with Gasteiger partial charge in [-0.05, 0) is 78.8 Å². The van der Waals surface area contributed by atoms with Gasteiger partial charge >= 0.3 is 0 Å². The first-order valence-corrected chi connectivity index (χ1v) is 11.3. The molecule has 1 unspecified atom stereocenters. The minimum absolute atomic E-state index is 0.0308. The monoisotopic (exact) mass is 397 g/mol. The molecule has 0 heterocycles. The number of hydrogen-bond acceptors (Lipinski definition) is 1. The maximum atomic E-state index is 13.2. The number of nitrogens with one attached hydrogen (secondary N) is 1. The van der Waals surface area contributed by atoms with Crippen LogP contribution in [0.4, 0.5) is 0 Å². The summed E-state index contributed by atoms with van der Waals surface area (Å²) in [5.74, 6) is 0.0308. The van der Waals surface area contributed by atoms with Crippen molar-refractivity contribution in [3.63, 3.8) is 0 Å². The zero-order valence-electron chi connectivity index (χ0n) is 17.9. The van der Waals surface area contributed by atoms with Crippen molar-refractivity contribution in [1.29, 1.82) is 0 Å². The molecule has 154 valence electrons. The summed E-state index contributed by atoms with van der Waals surface area (Å²) in [5.41, 5.74) is 7.39. The van der Waals surface area contributed by atoms with Crippen LogP contribution in [0.2, 0.25) is 0 Å². The van der Waals surface area contributed by atoms with Gasteiger partial charge in [0, 0.05) is 5.56 Å². The van der Waals surface area contributed by atoms with Crippen molar-refractivity contribution in [2.75, 3.05) is 0 Å². The van der Waals surface area contributed by atoms with E-state index in [1.54, 1.807) is 0 Å². The van der Waals surface area contributed by atoms with Gasteiger partial charge in [0.2, 0.25) is 0 Å². The number of carbonyl (C=O) groups is 1. The van der Waals surface area contributed by atoms with Gasteiger partial charge in [-0.1, -0.05) is 73.7 Å². The smallest absolute Gasteiger partial charge is 0.252 e. The Morgan fingerprint density at radius 1 is 0.867 bits per heavy atom. The molecule has 2 heteroatoms. The van der Waals surface area contributed by atoms with Crippen LogP contribution in [0.15, 0.2) is 72.8 Å². The zero-order chi connectivity index (χ0) is 20.8. The molecule has 4 rings (SSSR count). The Kier molecular flexibility index (Phi) is 6.63. The van der Waals surface area contributed by atoms with Crippen molar-refractivity contribution in [3.8, 4) is 0 Å². The second kappa shape index (κ2) is 9.75. The summed E-state index contributed by atoms with van der Waals surface area (Å²) >= 11 is 0. The lowest BCUT2D eigenvalue weighted by Crippen LogP contribution is -2.29.